The van der Waals surface area contributed by atoms with Gasteiger partial charge in [0.05, 0.1) is 0 Å². The van der Waals surface area contributed by atoms with Crippen LogP contribution in [-0.4, -0.2) is 0 Å². The second-order valence-corrected chi connectivity index (χ2v) is 14.0. The van der Waals surface area contributed by atoms with Crippen molar-refractivity contribution in [2.45, 2.75) is 133 Å². The number of allylic oxidation sites excluding steroid dienone is 4. The fraction of sp³-hybridized carbons (Fsp3) is 0.600. The molecule has 0 amide bonds. The monoisotopic (exact) mass is 545 g/mol. The van der Waals surface area contributed by atoms with Crippen LogP contribution in [0.25, 0.3) is 0 Å². The molecule has 2 aromatic carbocycles. The topological polar surface area (TPSA) is 0 Å². The fourth-order valence-electron chi connectivity index (χ4n) is 5.55. The molecule has 2 rings (SSSR count). The van der Waals surface area contributed by atoms with E-state index in [2.05, 4.69) is 144 Å². The molecule has 4 atom stereocenters. The second-order valence-electron chi connectivity index (χ2n) is 14.0. The first-order chi connectivity index (χ1) is 18.8. The largest absolute Gasteiger partial charge is 0.0827 e. The van der Waals surface area contributed by atoms with Gasteiger partial charge < -0.3 is 0 Å². The first-order valence-electron chi connectivity index (χ1n) is 16.2. The highest BCUT2D eigenvalue weighted by Gasteiger charge is 2.15. The Hall–Kier alpha value is -2.08. The summed E-state index contributed by atoms with van der Waals surface area (Å²) in [6.45, 7) is 27.2. The van der Waals surface area contributed by atoms with E-state index in [9.17, 15) is 0 Å². The molecule has 0 nitrogen and oxygen atoms in total. The highest BCUT2D eigenvalue weighted by molar-refractivity contribution is 5.25. The molecular weight excluding hydrogens is 480 g/mol. The van der Waals surface area contributed by atoms with Gasteiger partial charge in [-0.3, -0.25) is 0 Å². The van der Waals surface area contributed by atoms with Gasteiger partial charge in [-0.1, -0.05) is 137 Å². The summed E-state index contributed by atoms with van der Waals surface area (Å²) < 4.78 is 0. The zero-order valence-electron chi connectivity index (χ0n) is 28.5. The van der Waals surface area contributed by atoms with E-state index in [1.807, 2.05) is 0 Å². The van der Waals surface area contributed by atoms with E-state index in [0.29, 0.717) is 11.8 Å². The number of benzene rings is 2. The molecule has 2 aromatic rings. The summed E-state index contributed by atoms with van der Waals surface area (Å²) in [4.78, 5) is 0. The Morgan fingerprint density at radius 2 is 0.800 bits per heavy atom. The van der Waals surface area contributed by atoms with Crippen molar-refractivity contribution in [1.82, 2.24) is 0 Å². The normalized spacial score (nSPS) is 14.2. The zero-order valence-corrected chi connectivity index (χ0v) is 28.5. The number of hydrogen-bond donors (Lipinski definition) is 0. The van der Waals surface area contributed by atoms with Crippen molar-refractivity contribution in [3.05, 3.63) is 94.1 Å². The van der Waals surface area contributed by atoms with E-state index in [4.69, 9.17) is 0 Å². The molecule has 0 spiro atoms. The molecule has 0 heterocycles. The molecule has 0 aliphatic rings. The van der Waals surface area contributed by atoms with Crippen LogP contribution in [0.15, 0.2) is 71.8 Å². The first kappa shape index (κ1) is 35.9. The summed E-state index contributed by atoms with van der Waals surface area (Å²) in [5.41, 5.74) is 8.56. The molecule has 0 aliphatic heterocycles. The lowest BCUT2D eigenvalue weighted by molar-refractivity contribution is 0.437. The van der Waals surface area contributed by atoms with Crippen LogP contribution in [0.1, 0.15) is 142 Å². The predicted octanol–water partition coefficient (Wildman–Crippen LogP) is 13.0. The van der Waals surface area contributed by atoms with E-state index < -0.39 is 0 Å². The summed E-state index contributed by atoms with van der Waals surface area (Å²) in [6, 6.07) is 18.1. The van der Waals surface area contributed by atoms with Crippen LogP contribution in [0.2, 0.25) is 0 Å². The predicted molar refractivity (Wildman–Crippen MR) is 182 cm³/mol. The van der Waals surface area contributed by atoms with Gasteiger partial charge in [-0.2, -0.15) is 0 Å². The summed E-state index contributed by atoms with van der Waals surface area (Å²) >= 11 is 0. The maximum atomic E-state index is 2.48. The van der Waals surface area contributed by atoms with E-state index in [0.717, 1.165) is 23.7 Å². The molecule has 0 saturated carbocycles. The van der Waals surface area contributed by atoms with Gasteiger partial charge in [-0.05, 0) is 114 Å². The lowest BCUT2D eigenvalue weighted by Crippen LogP contribution is -2.06. The molecule has 224 valence electrons. The minimum atomic E-state index is 0.642. The average molecular weight is 545 g/mol. The molecule has 0 N–H and O–H groups in total. The van der Waals surface area contributed by atoms with Crippen LogP contribution >= 0.6 is 0 Å². The summed E-state index contributed by atoms with van der Waals surface area (Å²) in [5.74, 6) is 4.33. The van der Waals surface area contributed by atoms with Crippen molar-refractivity contribution >= 4 is 0 Å². The molecule has 0 aromatic heterocycles. The lowest BCUT2D eigenvalue weighted by Gasteiger charge is -2.20. The molecular formula is C40H64. The van der Waals surface area contributed by atoms with E-state index in [1.54, 1.807) is 0 Å². The zero-order chi connectivity index (χ0) is 30.2. The Bertz CT molecular complexity index is 892. The number of hydrogen-bond acceptors (Lipinski definition) is 0. The Balaban J connectivity index is 0.000000400. The third kappa shape index (κ3) is 16.2. The lowest BCUT2D eigenvalue weighted by atomic mass is 9.85. The molecule has 0 saturated heterocycles. The van der Waals surface area contributed by atoms with Crippen molar-refractivity contribution in [3.63, 3.8) is 0 Å². The molecule has 3 unspecified atom stereocenters. The van der Waals surface area contributed by atoms with Crippen LogP contribution in [0.5, 0.6) is 0 Å². The quantitative estimate of drug-likeness (QED) is 0.207. The first-order valence-corrected chi connectivity index (χ1v) is 16.2. The highest BCUT2D eigenvalue weighted by Crippen LogP contribution is 2.30. The Kier molecular flexibility index (Phi) is 17.2. The minimum Gasteiger partial charge on any atom is -0.0827 e. The maximum Gasteiger partial charge on any atom is -0.0185 e. The molecule has 0 radical (unpaired) electrons. The van der Waals surface area contributed by atoms with Gasteiger partial charge in [0, 0.05) is 0 Å². The molecule has 0 bridgehead atoms. The van der Waals surface area contributed by atoms with Gasteiger partial charge in [-0.15, -0.1) is 0 Å². The Morgan fingerprint density at radius 3 is 1.05 bits per heavy atom. The van der Waals surface area contributed by atoms with Crippen molar-refractivity contribution in [2.24, 2.45) is 23.7 Å². The third-order valence-electron chi connectivity index (χ3n) is 7.97. The van der Waals surface area contributed by atoms with Crippen LogP contribution in [-0.2, 0) is 0 Å². The van der Waals surface area contributed by atoms with Crippen LogP contribution in [0.4, 0.5) is 0 Å². The van der Waals surface area contributed by atoms with Crippen molar-refractivity contribution in [2.75, 3.05) is 0 Å². The highest BCUT2D eigenvalue weighted by atomic mass is 14.2. The fourth-order valence-corrected chi connectivity index (χ4v) is 5.55. The van der Waals surface area contributed by atoms with Gasteiger partial charge in [-0.25, -0.2) is 0 Å². The molecule has 40 heavy (non-hydrogen) atoms. The smallest absolute Gasteiger partial charge is 0.0185 e. The summed E-state index contributed by atoms with van der Waals surface area (Å²) in [7, 11) is 0. The van der Waals surface area contributed by atoms with E-state index in [-0.39, 0.29) is 0 Å². The summed E-state index contributed by atoms with van der Waals surface area (Å²) in [6.07, 6.45) is 12.8. The molecule has 0 aliphatic carbocycles. The molecule has 0 heteroatoms. The SMILES string of the molecule is CC(C)=CC(CCC(C)C)CC(C)c1ccc(C)cc1.CC(C)=CC(CCC(C)C)C[C@H](C)c1ccc(C)cc1. The van der Waals surface area contributed by atoms with Crippen LogP contribution in [0.3, 0.4) is 0 Å². The van der Waals surface area contributed by atoms with Crippen molar-refractivity contribution in [3.8, 4) is 0 Å². The minimum absolute atomic E-state index is 0.642. The number of rotatable bonds is 14. The standard InChI is InChI=1S/2C20H32/c2*1-15(2)7-10-19(13-16(3)4)14-18(6)20-11-8-17(5)9-12-20/h2*8-9,11-13,15,18-19H,7,10,14H2,1-6H3/t18-,19?;/m0./s1. The van der Waals surface area contributed by atoms with Crippen LogP contribution in [0, 0.1) is 37.5 Å². The van der Waals surface area contributed by atoms with E-state index >= 15 is 0 Å². The Labute approximate surface area is 250 Å². The van der Waals surface area contributed by atoms with Gasteiger partial charge in [0.1, 0.15) is 0 Å². The van der Waals surface area contributed by atoms with Crippen molar-refractivity contribution < 1.29 is 0 Å². The van der Waals surface area contributed by atoms with Gasteiger partial charge >= 0.3 is 0 Å². The van der Waals surface area contributed by atoms with Gasteiger partial charge in [0.15, 0.2) is 0 Å². The number of aryl methyl sites for hydroxylation is 2. The Morgan fingerprint density at radius 1 is 0.500 bits per heavy atom. The second kappa shape index (κ2) is 19.1. The summed E-state index contributed by atoms with van der Waals surface area (Å²) in [5, 5.41) is 0. The van der Waals surface area contributed by atoms with E-state index in [1.165, 1.54) is 71.9 Å². The van der Waals surface area contributed by atoms with Crippen LogP contribution < -0.4 is 0 Å². The molecule has 0 fully saturated rings. The average Bonchev–Trinajstić information content (AvgIpc) is 2.86. The third-order valence-corrected chi connectivity index (χ3v) is 7.97. The van der Waals surface area contributed by atoms with Gasteiger partial charge in [0.25, 0.3) is 0 Å². The van der Waals surface area contributed by atoms with Crippen molar-refractivity contribution in [1.29, 1.82) is 0 Å². The van der Waals surface area contributed by atoms with Gasteiger partial charge in [0.2, 0.25) is 0 Å². The maximum absolute atomic E-state index is 2.48.